The van der Waals surface area contributed by atoms with Crippen LogP contribution in [0.3, 0.4) is 0 Å². The molecule has 0 saturated carbocycles. The van der Waals surface area contributed by atoms with Crippen LogP contribution in [0.4, 0.5) is 0 Å². The maximum atomic E-state index is 11.2. The molecule has 27 heavy (non-hydrogen) atoms. The number of imide groups is 2. The van der Waals surface area contributed by atoms with Gasteiger partial charge in [-0.1, -0.05) is 0 Å². The SMILES string of the molecule is CC1=CC(=O)N(CCC(=O)O)C1=O.CC1=CC(=O)N(CCC(=O)O)C1=O.[Zn]. The Balaban J connectivity index is 0.000000483. The molecule has 4 amide bonds. The number of hydrogen-bond donors (Lipinski definition) is 2. The van der Waals surface area contributed by atoms with Crippen molar-refractivity contribution in [1.29, 1.82) is 0 Å². The number of rotatable bonds is 6. The molecule has 0 atom stereocenters. The largest absolute Gasteiger partial charge is 0.481 e. The Labute approximate surface area is 167 Å². The van der Waals surface area contributed by atoms with Crippen molar-refractivity contribution in [3.8, 4) is 0 Å². The number of carboxylic acid groups (broad SMARTS) is 2. The van der Waals surface area contributed by atoms with Gasteiger partial charge in [0.05, 0.1) is 12.8 Å². The van der Waals surface area contributed by atoms with Crippen LogP contribution in [0.5, 0.6) is 0 Å². The van der Waals surface area contributed by atoms with Gasteiger partial charge in [-0.2, -0.15) is 0 Å². The van der Waals surface area contributed by atoms with E-state index in [2.05, 4.69) is 0 Å². The molecular formula is C16H18N2O8Zn. The van der Waals surface area contributed by atoms with Gasteiger partial charge in [-0.25, -0.2) is 0 Å². The van der Waals surface area contributed by atoms with Crippen LogP contribution < -0.4 is 0 Å². The van der Waals surface area contributed by atoms with Crippen LogP contribution in [-0.4, -0.2) is 68.7 Å². The molecule has 0 bridgehead atoms. The number of aliphatic carboxylic acids is 2. The van der Waals surface area contributed by atoms with E-state index < -0.39 is 35.6 Å². The van der Waals surface area contributed by atoms with Gasteiger partial charge in [-0.05, 0) is 13.8 Å². The molecule has 10 nitrogen and oxygen atoms in total. The van der Waals surface area contributed by atoms with Crippen molar-refractivity contribution in [2.45, 2.75) is 26.7 Å². The first-order chi connectivity index (χ1) is 12.0. The van der Waals surface area contributed by atoms with Crippen molar-refractivity contribution in [3.05, 3.63) is 23.3 Å². The predicted octanol–water partition coefficient (Wildman–Crippen LogP) is -0.450. The average molecular weight is 432 g/mol. The van der Waals surface area contributed by atoms with E-state index in [1.807, 2.05) is 0 Å². The minimum Gasteiger partial charge on any atom is -0.481 e. The zero-order valence-electron chi connectivity index (χ0n) is 14.9. The second kappa shape index (κ2) is 10.5. The first-order valence-electron chi connectivity index (χ1n) is 7.56. The van der Waals surface area contributed by atoms with Gasteiger partial charge in [-0.3, -0.25) is 38.6 Å². The van der Waals surface area contributed by atoms with Crippen LogP contribution in [-0.2, 0) is 48.2 Å². The van der Waals surface area contributed by atoms with E-state index in [9.17, 15) is 28.8 Å². The quantitative estimate of drug-likeness (QED) is 0.424. The van der Waals surface area contributed by atoms with Gasteiger partial charge in [-0.15, -0.1) is 0 Å². The van der Waals surface area contributed by atoms with Gasteiger partial charge >= 0.3 is 11.9 Å². The number of amides is 4. The molecule has 0 unspecified atom stereocenters. The van der Waals surface area contributed by atoms with Crippen LogP contribution in [0.1, 0.15) is 26.7 Å². The molecule has 0 aliphatic carbocycles. The van der Waals surface area contributed by atoms with Crippen molar-refractivity contribution in [2.24, 2.45) is 0 Å². The molecule has 0 spiro atoms. The second-order valence-electron chi connectivity index (χ2n) is 5.53. The van der Waals surface area contributed by atoms with Gasteiger partial charge in [0.25, 0.3) is 23.6 Å². The van der Waals surface area contributed by atoms with Gasteiger partial charge in [0.15, 0.2) is 0 Å². The fourth-order valence-corrected chi connectivity index (χ4v) is 2.11. The zero-order valence-corrected chi connectivity index (χ0v) is 17.9. The molecule has 142 valence electrons. The standard InChI is InChI=1S/2C8H9NO4.Zn/c2*1-5-4-6(10)9(8(5)13)3-2-7(11)12;/h2*4H,2-3H2,1H3,(H,11,12);. The van der Waals surface area contributed by atoms with Crippen molar-refractivity contribution in [3.63, 3.8) is 0 Å². The van der Waals surface area contributed by atoms with Crippen molar-refractivity contribution in [2.75, 3.05) is 13.1 Å². The molecule has 2 heterocycles. The van der Waals surface area contributed by atoms with E-state index >= 15 is 0 Å². The minimum atomic E-state index is -1.02. The third-order valence-corrected chi connectivity index (χ3v) is 3.48. The van der Waals surface area contributed by atoms with E-state index in [-0.39, 0.29) is 45.4 Å². The van der Waals surface area contributed by atoms with Crippen molar-refractivity contribution in [1.82, 2.24) is 9.80 Å². The summed E-state index contributed by atoms with van der Waals surface area (Å²) in [6.45, 7) is 2.95. The van der Waals surface area contributed by atoms with Gasteiger partial charge < -0.3 is 10.2 Å². The zero-order chi connectivity index (χ0) is 20.0. The Hall–Kier alpha value is -2.68. The Bertz CT molecular complexity index is 679. The molecule has 0 fully saturated rings. The summed E-state index contributed by atoms with van der Waals surface area (Å²) in [5, 5.41) is 16.7. The fourth-order valence-electron chi connectivity index (χ4n) is 2.11. The van der Waals surface area contributed by atoms with Gasteiger partial charge in [0.2, 0.25) is 0 Å². The number of carbonyl (C=O) groups excluding carboxylic acids is 4. The first-order valence-corrected chi connectivity index (χ1v) is 7.56. The summed E-state index contributed by atoms with van der Waals surface area (Å²) in [6.07, 6.45) is 2.01. The summed E-state index contributed by atoms with van der Waals surface area (Å²) >= 11 is 0. The molecule has 2 aliphatic heterocycles. The maximum Gasteiger partial charge on any atom is 0.305 e. The molecule has 0 saturated heterocycles. The summed E-state index contributed by atoms with van der Waals surface area (Å²) in [7, 11) is 0. The van der Waals surface area contributed by atoms with Crippen LogP contribution >= 0.6 is 0 Å². The summed E-state index contributed by atoms with van der Waals surface area (Å²) < 4.78 is 0. The van der Waals surface area contributed by atoms with E-state index in [1.54, 1.807) is 0 Å². The number of carboxylic acids is 2. The van der Waals surface area contributed by atoms with E-state index in [1.165, 1.54) is 26.0 Å². The van der Waals surface area contributed by atoms with E-state index in [0.717, 1.165) is 9.80 Å². The van der Waals surface area contributed by atoms with Crippen LogP contribution in [0.2, 0.25) is 0 Å². The third kappa shape index (κ3) is 6.86. The van der Waals surface area contributed by atoms with Crippen LogP contribution in [0.15, 0.2) is 23.3 Å². The van der Waals surface area contributed by atoms with Gasteiger partial charge in [0.1, 0.15) is 0 Å². The molecular weight excluding hydrogens is 414 g/mol. The van der Waals surface area contributed by atoms with Crippen molar-refractivity contribution < 1.29 is 58.5 Å². The monoisotopic (exact) mass is 430 g/mol. The normalized spacial score (nSPS) is 15.8. The van der Waals surface area contributed by atoms with Crippen LogP contribution in [0, 0.1) is 0 Å². The number of hydrogen-bond acceptors (Lipinski definition) is 6. The molecule has 0 aromatic carbocycles. The Morgan fingerprint density at radius 2 is 1.07 bits per heavy atom. The van der Waals surface area contributed by atoms with Crippen molar-refractivity contribution >= 4 is 35.6 Å². The topological polar surface area (TPSA) is 149 Å². The smallest absolute Gasteiger partial charge is 0.305 e. The average Bonchev–Trinajstić information content (AvgIpc) is 2.91. The number of nitrogens with zero attached hydrogens (tertiary/aromatic N) is 2. The predicted molar refractivity (Wildman–Crippen MR) is 85.5 cm³/mol. The summed E-state index contributed by atoms with van der Waals surface area (Å²) in [4.78, 5) is 66.7. The fraction of sp³-hybridized carbons (Fsp3) is 0.375. The minimum absolute atomic E-state index is 0. The molecule has 11 heteroatoms. The maximum absolute atomic E-state index is 11.2. The third-order valence-electron chi connectivity index (χ3n) is 3.48. The Morgan fingerprint density at radius 1 is 0.778 bits per heavy atom. The molecule has 0 radical (unpaired) electrons. The molecule has 0 aromatic rings. The second-order valence-corrected chi connectivity index (χ2v) is 5.53. The molecule has 2 N–H and O–H groups in total. The summed E-state index contributed by atoms with van der Waals surface area (Å²) in [5.41, 5.74) is 0.714. The molecule has 0 aromatic heterocycles. The van der Waals surface area contributed by atoms with Crippen LogP contribution in [0.25, 0.3) is 0 Å². The Morgan fingerprint density at radius 3 is 1.26 bits per heavy atom. The van der Waals surface area contributed by atoms with Gasteiger partial charge in [0, 0.05) is 55.9 Å². The summed E-state index contributed by atoms with van der Waals surface area (Å²) in [6, 6.07) is 0. The molecule has 2 rings (SSSR count). The Kier molecular flexibility index (Phi) is 9.43. The molecule has 2 aliphatic rings. The first kappa shape index (κ1) is 24.3. The van der Waals surface area contributed by atoms with E-state index in [4.69, 9.17) is 10.2 Å². The number of carbonyl (C=O) groups is 6. The van der Waals surface area contributed by atoms with E-state index in [0.29, 0.717) is 11.1 Å². The summed E-state index contributed by atoms with van der Waals surface area (Å²) in [5.74, 6) is -3.69.